The summed E-state index contributed by atoms with van der Waals surface area (Å²) in [5.41, 5.74) is 6.66. The lowest BCUT2D eigenvalue weighted by Gasteiger charge is -2.11. The Morgan fingerprint density at radius 2 is 2.00 bits per heavy atom. The molecule has 1 aliphatic rings. The topological polar surface area (TPSA) is 46.8 Å². The van der Waals surface area contributed by atoms with E-state index in [-0.39, 0.29) is 0 Å². The Kier molecular flexibility index (Phi) is 5.27. The molecule has 5 nitrogen and oxygen atoms in total. The molecule has 1 aromatic carbocycles. The molecule has 0 unspecified atom stereocenters. The van der Waals surface area contributed by atoms with Gasteiger partial charge in [-0.1, -0.05) is 12.1 Å². The van der Waals surface area contributed by atoms with E-state index in [1.165, 1.54) is 27.1 Å². The number of aryl methyl sites for hydroxylation is 1. The standard InChI is InChI=1S/C24H25N5S/c1-28(2)14-15-30-17-8-9-18-19(10-12-26-21(18)16-17)23-22-7-5-13-29(22)27-24(23)20-6-3-4-11-25-20/h3-4,6,8-12,16H,5,7,13-15H2,1-2H3. The van der Waals surface area contributed by atoms with E-state index in [1.807, 2.05) is 42.4 Å². The number of hydrogen-bond acceptors (Lipinski definition) is 5. The van der Waals surface area contributed by atoms with Gasteiger partial charge in [0, 0.05) is 52.8 Å². The molecule has 3 aromatic heterocycles. The van der Waals surface area contributed by atoms with Crippen LogP contribution in [0, 0.1) is 0 Å². The molecule has 0 bridgehead atoms. The molecular weight excluding hydrogens is 390 g/mol. The van der Waals surface area contributed by atoms with Crippen molar-refractivity contribution in [3.63, 3.8) is 0 Å². The van der Waals surface area contributed by atoms with Crippen LogP contribution in [0.5, 0.6) is 0 Å². The summed E-state index contributed by atoms with van der Waals surface area (Å²) in [7, 11) is 4.22. The molecule has 6 heteroatoms. The third-order valence-electron chi connectivity index (χ3n) is 5.54. The smallest absolute Gasteiger partial charge is 0.119 e. The van der Waals surface area contributed by atoms with Crippen LogP contribution in [0.3, 0.4) is 0 Å². The molecular formula is C24H25N5S. The first-order valence-corrected chi connectivity index (χ1v) is 11.4. The molecule has 0 fully saturated rings. The number of pyridine rings is 2. The van der Waals surface area contributed by atoms with Crippen molar-refractivity contribution >= 4 is 22.7 Å². The van der Waals surface area contributed by atoms with E-state index < -0.39 is 0 Å². The zero-order valence-electron chi connectivity index (χ0n) is 17.4. The summed E-state index contributed by atoms with van der Waals surface area (Å²) in [6, 6.07) is 14.8. The molecule has 30 heavy (non-hydrogen) atoms. The number of nitrogens with zero attached hydrogens (tertiary/aromatic N) is 5. The fourth-order valence-electron chi connectivity index (χ4n) is 4.08. The molecule has 152 valence electrons. The maximum atomic E-state index is 4.94. The van der Waals surface area contributed by atoms with Crippen LogP contribution in [-0.2, 0) is 13.0 Å². The van der Waals surface area contributed by atoms with E-state index in [2.05, 4.69) is 57.9 Å². The second kappa shape index (κ2) is 8.20. The Hall–Kier alpha value is -2.70. The average molecular weight is 416 g/mol. The van der Waals surface area contributed by atoms with Crippen molar-refractivity contribution in [1.29, 1.82) is 0 Å². The number of thioether (sulfide) groups is 1. The van der Waals surface area contributed by atoms with Crippen molar-refractivity contribution in [2.24, 2.45) is 0 Å². The molecule has 0 aliphatic carbocycles. The SMILES string of the molecule is CN(C)CCSc1ccc2c(-c3c(-c4ccccn4)nn4c3CCC4)ccnc2c1. The first-order valence-electron chi connectivity index (χ1n) is 10.4. The van der Waals surface area contributed by atoms with Gasteiger partial charge < -0.3 is 4.90 Å². The van der Waals surface area contributed by atoms with E-state index in [0.29, 0.717) is 0 Å². The summed E-state index contributed by atoms with van der Waals surface area (Å²) < 4.78 is 2.16. The number of aromatic nitrogens is 4. The summed E-state index contributed by atoms with van der Waals surface area (Å²) in [5.74, 6) is 1.07. The van der Waals surface area contributed by atoms with Crippen LogP contribution in [0.4, 0.5) is 0 Å². The fraction of sp³-hybridized carbons (Fsp3) is 0.292. The summed E-state index contributed by atoms with van der Waals surface area (Å²) in [5, 5.41) is 6.12. The zero-order chi connectivity index (χ0) is 20.5. The van der Waals surface area contributed by atoms with Gasteiger partial charge in [0.25, 0.3) is 0 Å². The van der Waals surface area contributed by atoms with Crippen molar-refractivity contribution in [1.82, 2.24) is 24.6 Å². The Morgan fingerprint density at radius 3 is 2.83 bits per heavy atom. The van der Waals surface area contributed by atoms with Gasteiger partial charge >= 0.3 is 0 Å². The Bertz CT molecular complexity index is 1180. The highest BCUT2D eigenvalue weighted by atomic mass is 32.2. The zero-order valence-corrected chi connectivity index (χ0v) is 18.2. The molecule has 0 spiro atoms. The summed E-state index contributed by atoms with van der Waals surface area (Å²) in [4.78, 5) is 12.8. The quantitative estimate of drug-likeness (QED) is 0.425. The minimum absolute atomic E-state index is 0.926. The van der Waals surface area contributed by atoms with Crippen LogP contribution in [0.1, 0.15) is 12.1 Å². The molecule has 0 amide bonds. The minimum atomic E-state index is 0.926. The number of benzene rings is 1. The molecule has 0 N–H and O–H groups in total. The molecule has 4 heterocycles. The second-order valence-electron chi connectivity index (χ2n) is 7.90. The maximum Gasteiger partial charge on any atom is 0.119 e. The predicted octanol–water partition coefficient (Wildman–Crippen LogP) is 4.76. The lowest BCUT2D eigenvalue weighted by Crippen LogP contribution is -2.14. The maximum absolute atomic E-state index is 4.94. The molecule has 5 rings (SSSR count). The Labute approximate surface area is 181 Å². The highest BCUT2D eigenvalue weighted by Gasteiger charge is 2.25. The predicted molar refractivity (Wildman–Crippen MR) is 124 cm³/mol. The van der Waals surface area contributed by atoms with Gasteiger partial charge in [-0.25, -0.2) is 0 Å². The van der Waals surface area contributed by atoms with Gasteiger partial charge in [-0.15, -0.1) is 11.8 Å². The van der Waals surface area contributed by atoms with Gasteiger partial charge in [0.2, 0.25) is 0 Å². The van der Waals surface area contributed by atoms with Gasteiger partial charge in [-0.2, -0.15) is 5.10 Å². The molecule has 0 saturated carbocycles. The molecule has 0 saturated heterocycles. The van der Waals surface area contributed by atoms with Gasteiger partial charge in [-0.05, 0) is 62.8 Å². The van der Waals surface area contributed by atoms with E-state index in [1.54, 1.807) is 0 Å². The molecule has 0 atom stereocenters. The second-order valence-corrected chi connectivity index (χ2v) is 9.07. The first kappa shape index (κ1) is 19.3. The largest absolute Gasteiger partial charge is 0.309 e. The lowest BCUT2D eigenvalue weighted by atomic mass is 9.97. The van der Waals surface area contributed by atoms with Crippen molar-refractivity contribution in [2.45, 2.75) is 24.3 Å². The highest BCUT2D eigenvalue weighted by Crippen LogP contribution is 2.40. The van der Waals surface area contributed by atoms with Crippen LogP contribution < -0.4 is 0 Å². The van der Waals surface area contributed by atoms with Crippen molar-refractivity contribution in [3.8, 4) is 22.5 Å². The lowest BCUT2D eigenvalue weighted by molar-refractivity contribution is 0.437. The number of fused-ring (bicyclic) bond motifs is 2. The van der Waals surface area contributed by atoms with E-state index >= 15 is 0 Å². The van der Waals surface area contributed by atoms with Gasteiger partial charge in [0.15, 0.2) is 0 Å². The third-order valence-corrected chi connectivity index (χ3v) is 6.51. The summed E-state index contributed by atoms with van der Waals surface area (Å²) in [6.45, 7) is 2.04. The van der Waals surface area contributed by atoms with Gasteiger partial charge in [-0.3, -0.25) is 14.6 Å². The summed E-state index contributed by atoms with van der Waals surface area (Å²) in [6.07, 6.45) is 5.96. The third kappa shape index (κ3) is 3.61. The van der Waals surface area contributed by atoms with Crippen molar-refractivity contribution < 1.29 is 0 Å². The van der Waals surface area contributed by atoms with Crippen LogP contribution in [0.2, 0.25) is 0 Å². The number of rotatable bonds is 6. The fourth-order valence-corrected chi connectivity index (χ4v) is 5.13. The minimum Gasteiger partial charge on any atom is -0.309 e. The highest BCUT2D eigenvalue weighted by molar-refractivity contribution is 7.99. The Morgan fingerprint density at radius 1 is 1.07 bits per heavy atom. The monoisotopic (exact) mass is 415 g/mol. The number of hydrogen-bond donors (Lipinski definition) is 0. The normalized spacial score (nSPS) is 13.3. The molecule has 1 aliphatic heterocycles. The van der Waals surface area contributed by atoms with Crippen molar-refractivity contribution in [2.75, 3.05) is 26.4 Å². The van der Waals surface area contributed by atoms with Crippen LogP contribution >= 0.6 is 11.8 Å². The van der Waals surface area contributed by atoms with E-state index in [4.69, 9.17) is 5.10 Å². The van der Waals surface area contributed by atoms with Crippen LogP contribution in [-0.4, -0.2) is 51.0 Å². The van der Waals surface area contributed by atoms with Crippen LogP contribution in [0.25, 0.3) is 33.4 Å². The Balaban J connectivity index is 1.60. The van der Waals surface area contributed by atoms with Crippen LogP contribution in [0.15, 0.2) is 59.8 Å². The summed E-state index contributed by atoms with van der Waals surface area (Å²) >= 11 is 1.88. The first-order chi connectivity index (χ1) is 14.7. The van der Waals surface area contributed by atoms with E-state index in [0.717, 1.165) is 48.6 Å². The van der Waals surface area contributed by atoms with E-state index in [9.17, 15) is 0 Å². The van der Waals surface area contributed by atoms with Gasteiger partial charge in [0.05, 0.1) is 11.2 Å². The molecule has 0 radical (unpaired) electrons. The van der Waals surface area contributed by atoms with Gasteiger partial charge in [0.1, 0.15) is 5.69 Å². The molecule has 4 aromatic rings. The average Bonchev–Trinajstić information content (AvgIpc) is 3.35. The van der Waals surface area contributed by atoms with Crippen molar-refractivity contribution in [3.05, 3.63) is 60.6 Å².